The molecule has 2 aliphatic heterocycles. The molecule has 0 aromatic heterocycles. The number of anilines is 1. The van der Waals surface area contributed by atoms with Crippen LogP contribution in [0.5, 0.6) is 0 Å². The molecule has 0 fully saturated rings. The highest BCUT2D eigenvalue weighted by molar-refractivity contribution is 7.96. The molecule has 0 saturated carbocycles. The van der Waals surface area contributed by atoms with E-state index in [4.69, 9.17) is 15.2 Å². The predicted octanol–water partition coefficient (Wildman–Crippen LogP) is 4.31. The first-order valence-corrected chi connectivity index (χ1v) is 12.9. The number of hydrogen-bond acceptors (Lipinski definition) is 7. The van der Waals surface area contributed by atoms with Gasteiger partial charge in [0.2, 0.25) is 5.88 Å². The number of methoxy groups -OCH3 is 1. The van der Waals surface area contributed by atoms with Crippen LogP contribution in [0.1, 0.15) is 38.5 Å². The normalized spacial score (nSPS) is 17.9. The Kier molecular flexibility index (Phi) is 5.97. The predicted molar refractivity (Wildman–Crippen MR) is 138 cm³/mol. The lowest BCUT2D eigenvalue weighted by molar-refractivity contribution is 0.0600. The number of carbonyl (C=O) groups is 1. The molecule has 9 heteroatoms. The van der Waals surface area contributed by atoms with Gasteiger partial charge >= 0.3 is 5.97 Å². The van der Waals surface area contributed by atoms with Crippen LogP contribution in [-0.4, -0.2) is 21.5 Å². The molecule has 2 heterocycles. The average molecular weight is 514 g/mol. The van der Waals surface area contributed by atoms with Crippen molar-refractivity contribution in [3.05, 3.63) is 117 Å². The summed E-state index contributed by atoms with van der Waals surface area (Å²) in [5.41, 5.74) is 9.71. The Hall–Kier alpha value is -4.55. The number of fused-ring (bicyclic) bond motifs is 2. The standard InChI is InChI=1S/C28H23N3O5S/c1-17-7-3-4-8-20(17)16-31-23-10-6-5-9-21(23)25-26(37(31,33)34)24(22(15-29)27(30)36-25)18-11-13-19(14-12-18)28(32)35-2/h3-14,24H,16,30H2,1-2H3/t24-/m0/s1. The van der Waals surface area contributed by atoms with E-state index in [9.17, 15) is 18.5 Å². The molecule has 2 aliphatic rings. The zero-order valence-corrected chi connectivity index (χ0v) is 21.0. The Labute approximate surface area is 214 Å². The molecule has 0 unspecified atom stereocenters. The Balaban J connectivity index is 1.73. The monoisotopic (exact) mass is 513 g/mol. The lowest BCUT2D eigenvalue weighted by Crippen LogP contribution is -2.39. The van der Waals surface area contributed by atoms with Gasteiger partial charge in [0.25, 0.3) is 10.0 Å². The first kappa shape index (κ1) is 24.2. The van der Waals surface area contributed by atoms with E-state index in [-0.39, 0.29) is 28.7 Å². The number of carbonyl (C=O) groups excluding carboxylic acids is 1. The van der Waals surface area contributed by atoms with Crippen LogP contribution in [0.3, 0.4) is 0 Å². The second-order valence-electron chi connectivity index (χ2n) is 8.69. The third kappa shape index (κ3) is 3.92. The number of rotatable bonds is 4. The zero-order valence-electron chi connectivity index (χ0n) is 20.1. The van der Waals surface area contributed by atoms with Gasteiger partial charge in [0.15, 0.2) is 5.76 Å². The summed E-state index contributed by atoms with van der Waals surface area (Å²) in [6.07, 6.45) is 0. The second kappa shape index (κ2) is 9.15. The van der Waals surface area contributed by atoms with Gasteiger partial charge in [-0.25, -0.2) is 13.2 Å². The van der Waals surface area contributed by atoms with Gasteiger partial charge < -0.3 is 15.2 Å². The van der Waals surface area contributed by atoms with Crippen molar-refractivity contribution in [2.24, 2.45) is 5.73 Å². The number of nitriles is 1. The highest BCUT2D eigenvalue weighted by atomic mass is 32.2. The third-order valence-corrected chi connectivity index (χ3v) is 8.48. The molecule has 3 aromatic rings. The number of benzene rings is 3. The minimum Gasteiger partial charge on any atom is -0.465 e. The van der Waals surface area contributed by atoms with Crippen LogP contribution in [0.25, 0.3) is 5.76 Å². The largest absolute Gasteiger partial charge is 0.465 e. The van der Waals surface area contributed by atoms with E-state index in [0.29, 0.717) is 22.4 Å². The number of aryl methyl sites for hydroxylation is 1. The van der Waals surface area contributed by atoms with Crippen molar-refractivity contribution in [1.82, 2.24) is 0 Å². The van der Waals surface area contributed by atoms with E-state index < -0.39 is 21.9 Å². The van der Waals surface area contributed by atoms with Gasteiger partial charge in [-0.2, -0.15) is 5.26 Å². The smallest absolute Gasteiger partial charge is 0.337 e. The Morgan fingerprint density at radius 1 is 1.08 bits per heavy atom. The van der Waals surface area contributed by atoms with Crippen molar-refractivity contribution in [2.75, 3.05) is 11.4 Å². The third-order valence-electron chi connectivity index (χ3n) is 6.60. The Morgan fingerprint density at radius 2 is 1.76 bits per heavy atom. The number of sulfonamides is 1. The number of esters is 1. The molecule has 0 aliphatic carbocycles. The van der Waals surface area contributed by atoms with E-state index in [2.05, 4.69) is 0 Å². The van der Waals surface area contributed by atoms with Crippen molar-refractivity contribution in [1.29, 1.82) is 5.26 Å². The number of hydrogen-bond donors (Lipinski definition) is 1. The van der Waals surface area contributed by atoms with E-state index >= 15 is 0 Å². The summed E-state index contributed by atoms with van der Waals surface area (Å²) in [6.45, 7) is 2.02. The van der Waals surface area contributed by atoms with Crippen molar-refractivity contribution in [3.8, 4) is 6.07 Å². The molecule has 1 atom stereocenters. The minimum absolute atomic E-state index is 0.0247. The SMILES string of the molecule is COC(=O)c1ccc([C@H]2C(C#N)=C(N)OC3=C2S(=O)(=O)N(Cc2ccccc2C)c2ccccc23)cc1. The molecule has 8 nitrogen and oxygen atoms in total. The van der Waals surface area contributed by atoms with Crippen molar-refractivity contribution in [3.63, 3.8) is 0 Å². The number of allylic oxidation sites excluding steroid dienone is 2. The Morgan fingerprint density at radius 3 is 2.43 bits per heavy atom. The molecule has 3 aromatic carbocycles. The van der Waals surface area contributed by atoms with Gasteiger partial charge in [-0.15, -0.1) is 0 Å². The maximum Gasteiger partial charge on any atom is 0.337 e. The molecule has 0 radical (unpaired) electrons. The summed E-state index contributed by atoms with van der Waals surface area (Å²) < 4.78 is 40.6. The molecular formula is C28H23N3O5S. The number of nitrogens with zero attached hydrogens (tertiary/aromatic N) is 2. The van der Waals surface area contributed by atoms with E-state index in [1.54, 1.807) is 36.4 Å². The van der Waals surface area contributed by atoms with Gasteiger partial charge in [-0.05, 0) is 47.9 Å². The topological polar surface area (TPSA) is 123 Å². The Bertz CT molecular complexity index is 1630. The maximum absolute atomic E-state index is 14.3. The molecule has 37 heavy (non-hydrogen) atoms. The summed E-state index contributed by atoms with van der Waals surface area (Å²) in [7, 11) is -2.92. The molecule has 0 saturated heterocycles. The van der Waals surface area contributed by atoms with Gasteiger partial charge in [-0.1, -0.05) is 48.5 Å². The summed E-state index contributed by atoms with van der Waals surface area (Å²) >= 11 is 0. The van der Waals surface area contributed by atoms with Crippen LogP contribution in [-0.2, 0) is 26.0 Å². The highest BCUT2D eigenvalue weighted by Gasteiger charge is 2.47. The van der Waals surface area contributed by atoms with Crippen LogP contribution in [0.4, 0.5) is 5.69 Å². The first-order chi connectivity index (χ1) is 17.8. The molecule has 5 rings (SSSR count). The summed E-state index contributed by atoms with van der Waals surface area (Å²) in [6, 6.07) is 22.9. The van der Waals surface area contributed by atoms with Gasteiger partial charge in [0.1, 0.15) is 16.5 Å². The van der Waals surface area contributed by atoms with E-state index in [0.717, 1.165) is 11.1 Å². The fourth-order valence-electron chi connectivity index (χ4n) is 4.68. The number of ether oxygens (including phenoxy) is 2. The quantitative estimate of drug-likeness (QED) is 0.516. The number of nitrogens with two attached hydrogens (primary N) is 1. The van der Waals surface area contributed by atoms with Gasteiger partial charge in [-0.3, -0.25) is 4.31 Å². The molecule has 186 valence electrons. The van der Waals surface area contributed by atoms with Crippen LogP contribution in [0, 0.1) is 18.3 Å². The fraction of sp³-hybridized carbons (Fsp3) is 0.143. The van der Waals surface area contributed by atoms with E-state index in [1.807, 2.05) is 37.3 Å². The van der Waals surface area contributed by atoms with Crippen LogP contribution < -0.4 is 10.0 Å². The van der Waals surface area contributed by atoms with Crippen molar-refractivity contribution >= 4 is 27.4 Å². The fourth-order valence-corrected chi connectivity index (χ4v) is 6.59. The molecule has 0 amide bonds. The second-order valence-corrected chi connectivity index (χ2v) is 10.5. The molecule has 0 bridgehead atoms. The summed E-state index contributed by atoms with van der Waals surface area (Å²) in [5.74, 6) is -1.63. The zero-order chi connectivity index (χ0) is 26.3. The average Bonchev–Trinajstić information content (AvgIpc) is 2.91. The van der Waals surface area contributed by atoms with Gasteiger partial charge in [0, 0.05) is 5.56 Å². The summed E-state index contributed by atoms with van der Waals surface area (Å²) in [4.78, 5) is 11.9. The lowest BCUT2D eigenvalue weighted by atomic mass is 9.88. The van der Waals surface area contributed by atoms with E-state index in [1.165, 1.54) is 23.5 Å². The van der Waals surface area contributed by atoms with Crippen molar-refractivity contribution < 1.29 is 22.7 Å². The first-order valence-electron chi connectivity index (χ1n) is 11.4. The van der Waals surface area contributed by atoms with Crippen LogP contribution in [0.2, 0.25) is 0 Å². The van der Waals surface area contributed by atoms with Crippen LogP contribution in [0.15, 0.2) is 89.2 Å². The lowest BCUT2D eigenvalue weighted by Gasteiger charge is -2.38. The van der Waals surface area contributed by atoms with Crippen molar-refractivity contribution in [2.45, 2.75) is 19.4 Å². The van der Waals surface area contributed by atoms with Gasteiger partial charge in [0.05, 0.1) is 30.8 Å². The molecular weight excluding hydrogens is 490 g/mol. The minimum atomic E-state index is -4.19. The number of para-hydroxylation sites is 1. The molecule has 0 spiro atoms. The highest BCUT2D eigenvalue weighted by Crippen LogP contribution is 2.51. The summed E-state index contributed by atoms with van der Waals surface area (Å²) in [5, 5.41) is 9.99. The van der Waals surface area contributed by atoms with Crippen LogP contribution >= 0.6 is 0 Å². The molecule has 2 N–H and O–H groups in total. The maximum atomic E-state index is 14.3.